The maximum absolute atomic E-state index is 12.0. The van der Waals surface area contributed by atoms with E-state index in [2.05, 4.69) is 28.8 Å². The number of amides is 2. The van der Waals surface area contributed by atoms with Gasteiger partial charge in [-0.15, -0.1) is 0 Å². The second-order valence-electron chi connectivity index (χ2n) is 6.41. The first-order chi connectivity index (χ1) is 10.2. The molecule has 4 nitrogen and oxygen atoms in total. The molecule has 0 radical (unpaired) electrons. The number of hydrogen-bond donors (Lipinski definition) is 3. The Hall–Kier alpha value is -1.55. The van der Waals surface area contributed by atoms with Gasteiger partial charge in [0.15, 0.2) is 0 Å². The molecule has 114 valence electrons. The molecule has 0 bridgehead atoms. The number of carbonyl (C=O) groups is 1. The molecular formula is C17H24N2O2. The van der Waals surface area contributed by atoms with Crippen LogP contribution in [0, 0.1) is 0 Å². The van der Waals surface area contributed by atoms with Crippen molar-refractivity contribution in [1.82, 2.24) is 10.6 Å². The number of nitrogens with one attached hydrogen (secondary N) is 2. The molecule has 21 heavy (non-hydrogen) atoms. The molecule has 2 amide bonds. The Bertz CT molecular complexity index is 522. The summed E-state index contributed by atoms with van der Waals surface area (Å²) in [6.07, 6.45) is 7.47. The lowest BCUT2D eigenvalue weighted by molar-refractivity contribution is 0.163. The summed E-state index contributed by atoms with van der Waals surface area (Å²) in [4.78, 5) is 12.0. The lowest BCUT2D eigenvalue weighted by Crippen LogP contribution is -2.52. The van der Waals surface area contributed by atoms with Gasteiger partial charge in [0, 0.05) is 6.54 Å². The molecule has 0 aliphatic heterocycles. The van der Waals surface area contributed by atoms with Gasteiger partial charge in [-0.05, 0) is 48.8 Å². The van der Waals surface area contributed by atoms with Crippen molar-refractivity contribution in [2.75, 3.05) is 6.61 Å². The highest BCUT2D eigenvalue weighted by atomic mass is 16.3. The first-order valence-electron chi connectivity index (χ1n) is 7.98. The molecule has 4 heteroatoms. The summed E-state index contributed by atoms with van der Waals surface area (Å²) in [5, 5.41) is 15.4. The minimum Gasteiger partial charge on any atom is -0.394 e. The Morgan fingerprint density at radius 2 is 1.90 bits per heavy atom. The van der Waals surface area contributed by atoms with Crippen molar-refractivity contribution in [3.63, 3.8) is 0 Å². The number of benzene rings is 1. The topological polar surface area (TPSA) is 61.4 Å². The Morgan fingerprint density at radius 1 is 1.14 bits per heavy atom. The third-order valence-corrected chi connectivity index (χ3v) is 4.86. The van der Waals surface area contributed by atoms with Gasteiger partial charge >= 0.3 is 6.03 Å². The fraction of sp³-hybridized carbons (Fsp3) is 0.588. The van der Waals surface area contributed by atoms with Crippen LogP contribution in [0.2, 0.25) is 0 Å². The van der Waals surface area contributed by atoms with Gasteiger partial charge < -0.3 is 15.7 Å². The van der Waals surface area contributed by atoms with E-state index in [9.17, 15) is 9.90 Å². The van der Waals surface area contributed by atoms with Crippen LogP contribution in [0.25, 0.3) is 0 Å². The molecule has 0 spiro atoms. The van der Waals surface area contributed by atoms with E-state index in [1.807, 2.05) is 0 Å². The lowest BCUT2D eigenvalue weighted by Gasteiger charge is -2.28. The van der Waals surface area contributed by atoms with Crippen molar-refractivity contribution in [2.24, 2.45) is 0 Å². The van der Waals surface area contributed by atoms with Crippen LogP contribution in [0.3, 0.4) is 0 Å². The molecule has 1 fully saturated rings. The van der Waals surface area contributed by atoms with Gasteiger partial charge in [-0.1, -0.05) is 31.0 Å². The van der Waals surface area contributed by atoms with Crippen molar-refractivity contribution < 1.29 is 9.90 Å². The molecule has 0 aromatic heterocycles. The minimum atomic E-state index is -0.401. The van der Waals surface area contributed by atoms with Gasteiger partial charge in [0.2, 0.25) is 0 Å². The second kappa shape index (κ2) is 6.06. The average Bonchev–Trinajstić information content (AvgIpc) is 3.14. The highest BCUT2D eigenvalue weighted by Crippen LogP contribution is 2.29. The zero-order chi connectivity index (χ0) is 14.7. The van der Waals surface area contributed by atoms with E-state index in [4.69, 9.17) is 0 Å². The van der Waals surface area contributed by atoms with E-state index in [1.165, 1.54) is 24.0 Å². The Morgan fingerprint density at radius 3 is 2.67 bits per heavy atom. The van der Waals surface area contributed by atoms with Gasteiger partial charge in [-0.3, -0.25) is 0 Å². The zero-order valence-electron chi connectivity index (χ0n) is 12.5. The van der Waals surface area contributed by atoms with Crippen LogP contribution in [0.1, 0.15) is 48.8 Å². The van der Waals surface area contributed by atoms with E-state index in [0.29, 0.717) is 6.54 Å². The number of fused-ring (bicyclic) bond motifs is 1. The molecule has 3 rings (SSSR count). The third kappa shape index (κ3) is 3.21. The van der Waals surface area contributed by atoms with Crippen molar-refractivity contribution in [2.45, 2.75) is 57.0 Å². The van der Waals surface area contributed by atoms with Gasteiger partial charge in [0.25, 0.3) is 0 Å². The standard InChI is InChI=1S/C17H24N2O2/c20-12-17(8-1-2-9-17)19-16(21)18-11-13-6-7-14-4-3-5-15(14)10-13/h6-7,10,20H,1-5,8-9,11-12H2,(H2,18,19,21). The average molecular weight is 288 g/mol. The molecule has 2 aliphatic carbocycles. The Labute approximate surface area is 125 Å². The summed E-state index contributed by atoms with van der Waals surface area (Å²) in [5.41, 5.74) is 3.63. The van der Waals surface area contributed by atoms with Gasteiger partial charge in [0.1, 0.15) is 0 Å². The first-order valence-corrected chi connectivity index (χ1v) is 7.98. The highest BCUT2D eigenvalue weighted by molar-refractivity contribution is 5.74. The SMILES string of the molecule is O=C(NCc1ccc2c(c1)CCC2)NC1(CO)CCCC1. The summed E-state index contributed by atoms with van der Waals surface area (Å²) in [6, 6.07) is 6.32. The number of carbonyl (C=O) groups excluding carboxylic acids is 1. The highest BCUT2D eigenvalue weighted by Gasteiger charge is 2.34. The number of hydrogen-bond acceptors (Lipinski definition) is 2. The molecule has 0 saturated heterocycles. The largest absolute Gasteiger partial charge is 0.394 e. The molecule has 1 aromatic rings. The Kier molecular flexibility index (Phi) is 4.15. The summed E-state index contributed by atoms with van der Waals surface area (Å²) >= 11 is 0. The fourth-order valence-electron chi connectivity index (χ4n) is 3.58. The minimum absolute atomic E-state index is 0.0270. The smallest absolute Gasteiger partial charge is 0.315 e. The number of urea groups is 1. The van der Waals surface area contributed by atoms with Gasteiger partial charge in [-0.25, -0.2) is 4.79 Å². The van der Waals surface area contributed by atoms with E-state index in [0.717, 1.165) is 37.7 Å². The van der Waals surface area contributed by atoms with Crippen LogP contribution in [0.4, 0.5) is 4.79 Å². The van der Waals surface area contributed by atoms with Crippen LogP contribution >= 0.6 is 0 Å². The van der Waals surface area contributed by atoms with Gasteiger partial charge in [0.05, 0.1) is 12.1 Å². The first kappa shape index (κ1) is 14.4. The molecule has 0 unspecified atom stereocenters. The molecule has 1 saturated carbocycles. The number of rotatable bonds is 4. The van der Waals surface area contributed by atoms with Crippen molar-refractivity contribution in [1.29, 1.82) is 0 Å². The molecule has 1 aromatic carbocycles. The van der Waals surface area contributed by atoms with Crippen LogP contribution in [-0.2, 0) is 19.4 Å². The molecule has 2 aliphatic rings. The van der Waals surface area contributed by atoms with Crippen LogP contribution in [0.5, 0.6) is 0 Å². The van der Waals surface area contributed by atoms with E-state index in [-0.39, 0.29) is 12.6 Å². The predicted molar refractivity (Wildman–Crippen MR) is 82.1 cm³/mol. The van der Waals surface area contributed by atoms with E-state index < -0.39 is 5.54 Å². The fourth-order valence-corrected chi connectivity index (χ4v) is 3.58. The monoisotopic (exact) mass is 288 g/mol. The van der Waals surface area contributed by atoms with Gasteiger partial charge in [-0.2, -0.15) is 0 Å². The van der Waals surface area contributed by atoms with Crippen molar-refractivity contribution in [3.05, 3.63) is 34.9 Å². The summed E-state index contributed by atoms with van der Waals surface area (Å²) in [5.74, 6) is 0. The van der Waals surface area contributed by atoms with E-state index in [1.54, 1.807) is 0 Å². The summed E-state index contributed by atoms with van der Waals surface area (Å²) in [7, 11) is 0. The van der Waals surface area contributed by atoms with Crippen LogP contribution in [-0.4, -0.2) is 23.3 Å². The molecule has 3 N–H and O–H groups in total. The lowest BCUT2D eigenvalue weighted by atomic mass is 9.99. The predicted octanol–water partition coefficient (Wildman–Crippen LogP) is 2.28. The maximum atomic E-state index is 12.0. The zero-order valence-corrected chi connectivity index (χ0v) is 12.5. The number of aryl methyl sites for hydroxylation is 2. The molecule has 0 atom stereocenters. The summed E-state index contributed by atoms with van der Waals surface area (Å²) < 4.78 is 0. The quantitative estimate of drug-likeness (QED) is 0.796. The third-order valence-electron chi connectivity index (χ3n) is 4.86. The molecular weight excluding hydrogens is 264 g/mol. The van der Waals surface area contributed by atoms with E-state index >= 15 is 0 Å². The maximum Gasteiger partial charge on any atom is 0.315 e. The summed E-state index contributed by atoms with van der Waals surface area (Å²) in [6.45, 7) is 0.569. The normalized spacial score (nSPS) is 19.3. The van der Waals surface area contributed by atoms with Crippen LogP contribution < -0.4 is 10.6 Å². The molecule has 0 heterocycles. The number of aliphatic hydroxyl groups is 1. The second-order valence-corrected chi connectivity index (χ2v) is 6.41. The number of aliphatic hydroxyl groups excluding tert-OH is 1. The Balaban J connectivity index is 1.54. The van der Waals surface area contributed by atoms with Crippen molar-refractivity contribution >= 4 is 6.03 Å². The van der Waals surface area contributed by atoms with Crippen molar-refractivity contribution in [3.8, 4) is 0 Å². The van der Waals surface area contributed by atoms with Crippen LogP contribution in [0.15, 0.2) is 18.2 Å².